The molecule has 1 aromatic carbocycles. The number of hydrogen-bond acceptors (Lipinski definition) is 2. The summed E-state index contributed by atoms with van der Waals surface area (Å²) in [6.45, 7) is 0. The van der Waals surface area contributed by atoms with Crippen LogP contribution in [-0.4, -0.2) is 21.6 Å². The average Bonchev–Trinajstić information content (AvgIpc) is 3.22. The lowest BCUT2D eigenvalue weighted by molar-refractivity contribution is -0.139. The van der Waals surface area contributed by atoms with Gasteiger partial charge in [-0.2, -0.15) is 0 Å². The van der Waals surface area contributed by atoms with Gasteiger partial charge in [0.25, 0.3) is 5.91 Å². The number of nitrogens with zero attached hydrogens (tertiary/aromatic N) is 1. The minimum Gasteiger partial charge on any atom is -0.479 e. The number of carbonyl (C=O) groups excluding carboxylic acids is 1. The molecule has 1 amide bonds. The largest absolute Gasteiger partial charge is 0.479 e. The molecule has 1 heterocycles. The molecule has 0 spiro atoms. The van der Waals surface area contributed by atoms with Crippen molar-refractivity contribution in [1.82, 2.24) is 9.88 Å². The number of hydrogen-bond donors (Lipinski definition) is 2. The van der Waals surface area contributed by atoms with Crippen molar-refractivity contribution in [2.45, 2.75) is 24.9 Å². The second-order valence-electron chi connectivity index (χ2n) is 5.19. The fraction of sp³-hybridized carbons (Fsp3) is 0.250. The van der Waals surface area contributed by atoms with E-state index >= 15 is 0 Å². The van der Waals surface area contributed by atoms with E-state index in [9.17, 15) is 14.7 Å². The van der Waals surface area contributed by atoms with Crippen LogP contribution in [0.15, 0.2) is 48.7 Å². The summed E-state index contributed by atoms with van der Waals surface area (Å²) in [5.74, 6) is -1.43. The Labute approximate surface area is 122 Å². The van der Waals surface area contributed by atoms with E-state index in [4.69, 9.17) is 0 Å². The summed E-state index contributed by atoms with van der Waals surface area (Å²) in [4.78, 5) is 23.8. The number of carbonyl (C=O) groups is 2. The first kappa shape index (κ1) is 13.4. The van der Waals surface area contributed by atoms with E-state index in [0.717, 1.165) is 12.8 Å². The molecule has 0 radical (unpaired) electrons. The zero-order valence-electron chi connectivity index (χ0n) is 11.4. The summed E-state index contributed by atoms with van der Waals surface area (Å²) in [6, 6.07) is 11.6. The van der Waals surface area contributed by atoms with Gasteiger partial charge in [-0.25, -0.2) is 4.79 Å². The summed E-state index contributed by atoms with van der Waals surface area (Å²) in [5.41, 5.74) is 1.07. The van der Waals surface area contributed by atoms with Crippen molar-refractivity contribution in [1.29, 1.82) is 0 Å². The molecule has 1 atom stereocenters. The van der Waals surface area contributed by atoms with Gasteiger partial charge in [-0.05, 0) is 30.5 Å². The second-order valence-corrected chi connectivity index (χ2v) is 5.19. The van der Waals surface area contributed by atoms with E-state index in [0.29, 0.717) is 17.3 Å². The molecule has 3 rings (SSSR count). The van der Waals surface area contributed by atoms with Gasteiger partial charge in [-0.1, -0.05) is 30.3 Å². The van der Waals surface area contributed by atoms with Gasteiger partial charge < -0.3 is 15.0 Å². The summed E-state index contributed by atoms with van der Waals surface area (Å²) in [5, 5.41) is 11.9. The first-order valence-electron chi connectivity index (χ1n) is 6.92. The fourth-order valence-electron chi connectivity index (χ4n) is 2.40. The summed E-state index contributed by atoms with van der Waals surface area (Å²) < 4.78 is 1.92. The predicted octanol–water partition coefficient (Wildman–Crippen LogP) is 2.38. The molecule has 2 N–H and O–H groups in total. The minimum atomic E-state index is -1.07. The highest BCUT2D eigenvalue weighted by Gasteiger charge is 2.29. The van der Waals surface area contributed by atoms with Crippen LogP contribution in [0.3, 0.4) is 0 Å². The molecule has 1 aliphatic carbocycles. The van der Waals surface area contributed by atoms with Crippen molar-refractivity contribution in [2.75, 3.05) is 0 Å². The molecule has 21 heavy (non-hydrogen) atoms. The van der Waals surface area contributed by atoms with Gasteiger partial charge in [-0.15, -0.1) is 0 Å². The average molecular weight is 284 g/mol. The zero-order chi connectivity index (χ0) is 14.8. The van der Waals surface area contributed by atoms with Gasteiger partial charge in [0, 0.05) is 12.2 Å². The predicted molar refractivity (Wildman–Crippen MR) is 77.0 cm³/mol. The number of aliphatic carboxylic acids is 1. The van der Waals surface area contributed by atoms with E-state index in [1.54, 1.807) is 30.3 Å². The number of aromatic nitrogens is 1. The Morgan fingerprint density at radius 2 is 1.86 bits per heavy atom. The van der Waals surface area contributed by atoms with Crippen molar-refractivity contribution < 1.29 is 14.7 Å². The van der Waals surface area contributed by atoms with Crippen LogP contribution in [0.5, 0.6) is 0 Å². The molecule has 1 fully saturated rings. The van der Waals surface area contributed by atoms with E-state index in [1.165, 1.54) is 0 Å². The normalized spacial score (nSPS) is 15.4. The lowest BCUT2D eigenvalue weighted by Gasteiger charge is -2.16. The Hall–Kier alpha value is -2.56. The molecule has 1 aliphatic rings. The number of amides is 1. The van der Waals surface area contributed by atoms with Gasteiger partial charge in [0.1, 0.15) is 5.69 Å². The number of carboxylic acids is 1. The van der Waals surface area contributed by atoms with Crippen LogP contribution in [0, 0.1) is 0 Å². The topological polar surface area (TPSA) is 71.3 Å². The summed E-state index contributed by atoms with van der Waals surface area (Å²) >= 11 is 0. The van der Waals surface area contributed by atoms with Crippen molar-refractivity contribution in [3.63, 3.8) is 0 Å². The highest BCUT2D eigenvalue weighted by Crippen LogP contribution is 2.36. The van der Waals surface area contributed by atoms with Crippen LogP contribution in [0.25, 0.3) is 0 Å². The van der Waals surface area contributed by atoms with Gasteiger partial charge >= 0.3 is 5.97 Å². The van der Waals surface area contributed by atoms with E-state index < -0.39 is 12.0 Å². The SMILES string of the molecule is O=C(NC(C(=O)O)c1ccccc1)c1cccn1C1CC1. The molecule has 2 aromatic rings. The highest BCUT2D eigenvalue weighted by atomic mass is 16.4. The van der Waals surface area contributed by atoms with Crippen LogP contribution in [0.1, 0.15) is 41.0 Å². The quantitative estimate of drug-likeness (QED) is 0.885. The molecule has 1 aromatic heterocycles. The smallest absolute Gasteiger partial charge is 0.330 e. The van der Waals surface area contributed by atoms with Gasteiger partial charge in [-0.3, -0.25) is 4.79 Å². The zero-order valence-corrected chi connectivity index (χ0v) is 11.4. The maximum atomic E-state index is 12.4. The van der Waals surface area contributed by atoms with Crippen molar-refractivity contribution in [2.24, 2.45) is 0 Å². The molecule has 1 unspecified atom stereocenters. The van der Waals surface area contributed by atoms with Gasteiger partial charge in [0.15, 0.2) is 6.04 Å². The standard InChI is InChI=1S/C16H16N2O3/c19-15(13-7-4-10-18(13)12-8-9-12)17-14(16(20)21)11-5-2-1-3-6-11/h1-7,10,12,14H,8-9H2,(H,17,19)(H,20,21). The molecule has 5 heteroatoms. The van der Waals surface area contributed by atoms with E-state index in [-0.39, 0.29) is 5.91 Å². The van der Waals surface area contributed by atoms with Gasteiger partial charge in [0.05, 0.1) is 0 Å². The molecule has 1 saturated carbocycles. The third kappa shape index (κ3) is 2.81. The molecule has 5 nitrogen and oxygen atoms in total. The van der Waals surface area contributed by atoms with Crippen LogP contribution >= 0.6 is 0 Å². The van der Waals surface area contributed by atoms with E-state index in [1.807, 2.05) is 22.9 Å². The van der Waals surface area contributed by atoms with Crippen molar-refractivity contribution >= 4 is 11.9 Å². The summed E-state index contributed by atoms with van der Waals surface area (Å²) in [6.07, 6.45) is 4.00. The van der Waals surface area contributed by atoms with Crippen LogP contribution in [0.2, 0.25) is 0 Å². The molecular formula is C16H16N2O3. The van der Waals surface area contributed by atoms with Crippen molar-refractivity contribution in [3.8, 4) is 0 Å². The monoisotopic (exact) mass is 284 g/mol. The third-order valence-electron chi connectivity index (χ3n) is 3.61. The molecule has 108 valence electrons. The lowest BCUT2D eigenvalue weighted by Crippen LogP contribution is -2.34. The molecular weight excluding hydrogens is 268 g/mol. The van der Waals surface area contributed by atoms with E-state index in [2.05, 4.69) is 5.32 Å². The number of nitrogens with one attached hydrogen (secondary N) is 1. The Morgan fingerprint density at radius 3 is 2.48 bits per heavy atom. The molecule has 0 saturated heterocycles. The van der Waals surface area contributed by atoms with Gasteiger partial charge in [0.2, 0.25) is 0 Å². The Kier molecular flexibility index (Phi) is 3.48. The third-order valence-corrected chi connectivity index (χ3v) is 3.61. The van der Waals surface area contributed by atoms with Crippen LogP contribution in [0.4, 0.5) is 0 Å². The maximum Gasteiger partial charge on any atom is 0.330 e. The lowest BCUT2D eigenvalue weighted by atomic mass is 10.1. The number of rotatable bonds is 5. The Morgan fingerprint density at radius 1 is 1.14 bits per heavy atom. The summed E-state index contributed by atoms with van der Waals surface area (Å²) in [7, 11) is 0. The highest BCUT2D eigenvalue weighted by molar-refractivity contribution is 5.95. The minimum absolute atomic E-state index is 0.358. The fourth-order valence-corrected chi connectivity index (χ4v) is 2.40. The number of carboxylic acid groups (broad SMARTS) is 1. The Bertz CT molecular complexity index is 659. The second kappa shape index (κ2) is 5.44. The first-order chi connectivity index (χ1) is 10.2. The maximum absolute atomic E-state index is 12.4. The van der Waals surface area contributed by atoms with Crippen LogP contribution in [-0.2, 0) is 4.79 Å². The van der Waals surface area contributed by atoms with Crippen LogP contribution < -0.4 is 5.32 Å². The molecule has 0 bridgehead atoms. The Balaban J connectivity index is 1.81. The first-order valence-corrected chi connectivity index (χ1v) is 6.92. The number of benzene rings is 1. The molecule has 0 aliphatic heterocycles. The van der Waals surface area contributed by atoms with Crippen molar-refractivity contribution in [3.05, 3.63) is 59.9 Å².